The van der Waals surface area contributed by atoms with Crippen LogP contribution in [0.1, 0.15) is 11.5 Å². The van der Waals surface area contributed by atoms with Crippen molar-refractivity contribution in [2.45, 2.75) is 6.61 Å². The molecular formula is C24H21N3O6. The molecule has 2 heterocycles. The molecule has 168 valence electrons. The van der Waals surface area contributed by atoms with Crippen molar-refractivity contribution >= 4 is 22.9 Å². The zero-order valence-corrected chi connectivity index (χ0v) is 18.3. The number of esters is 1. The summed E-state index contributed by atoms with van der Waals surface area (Å²) < 4.78 is 26.8. The quantitative estimate of drug-likeness (QED) is 0.292. The average molecular weight is 447 g/mol. The first-order chi connectivity index (χ1) is 16.1. The first kappa shape index (κ1) is 21.8. The molecular weight excluding hydrogens is 426 g/mol. The van der Waals surface area contributed by atoms with Gasteiger partial charge in [-0.25, -0.2) is 4.79 Å². The van der Waals surface area contributed by atoms with Crippen LogP contribution in [0.5, 0.6) is 17.2 Å². The summed E-state index contributed by atoms with van der Waals surface area (Å²) in [5.74, 6) is 1.17. The van der Waals surface area contributed by atoms with Crippen LogP contribution in [-0.4, -0.2) is 42.5 Å². The Kier molecular flexibility index (Phi) is 6.49. The van der Waals surface area contributed by atoms with Crippen LogP contribution in [0.15, 0.2) is 59.2 Å². The molecule has 0 unspecified atom stereocenters. The van der Waals surface area contributed by atoms with Gasteiger partial charge in [-0.3, -0.25) is 4.98 Å². The Hall–Kier alpha value is -4.40. The SMILES string of the molecule is COc1cc(-c2nnc(COC(=O)/C=C/c3cccc4cccnc34)o2)cc(OC)c1OC. The lowest BCUT2D eigenvalue weighted by atomic mass is 10.1. The number of pyridine rings is 1. The summed E-state index contributed by atoms with van der Waals surface area (Å²) in [6.07, 6.45) is 4.70. The average Bonchev–Trinajstić information content (AvgIpc) is 3.34. The number of aromatic nitrogens is 3. The smallest absolute Gasteiger partial charge is 0.331 e. The molecule has 2 aromatic carbocycles. The Labute approximate surface area is 189 Å². The molecule has 2 aromatic heterocycles. The van der Waals surface area contributed by atoms with Crippen molar-refractivity contribution in [2.24, 2.45) is 0 Å². The summed E-state index contributed by atoms with van der Waals surface area (Å²) in [5.41, 5.74) is 2.18. The Morgan fingerprint density at radius 2 is 1.76 bits per heavy atom. The van der Waals surface area contributed by atoms with Crippen molar-refractivity contribution < 1.29 is 28.2 Å². The van der Waals surface area contributed by atoms with Gasteiger partial charge in [-0.05, 0) is 24.3 Å². The van der Waals surface area contributed by atoms with Gasteiger partial charge in [0.05, 0.1) is 26.8 Å². The van der Waals surface area contributed by atoms with E-state index in [0.717, 1.165) is 16.5 Å². The number of hydrogen-bond acceptors (Lipinski definition) is 9. The predicted molar refractivity (Wildman–Crippen MR) is 120 cm³/mol. The first-order valence-corrected chi connectivity index (χ1v) is 9.94. The number of ether oxygens (including phenoxy) is 4. The zero-order chi connectivity index (χ0) is 23.2. The van der Waals surface area contributed by atoms with Crippen LogP contribution in [-0.2, 0) is 16.1 Å². The number of carbonyl (C=O) groups is 1. The Balaban J connectivity index is 1.44. The maximum atomic E-state index is 12.2. The molecule has 0 radical (unpaired) electrons. The van der Waals surface area contributed by atoms with E-state index in [-0.39, 0.29) is 18.4 Å². The standard InChI is InChI=1S/C24H21N3O6/c1-29-18-12-17(13-19(30-2)23(18)31-3)24-27-26-20(33-24)14-32-21(28)10-9-16-7-4-6-15-8-5-11-25-22(15)16/h4-13H,14H2,1-3H3/b10-9+. The molecule has 0 atom stereocenters. The lowest BCUT2D eigenvalue weighted by Crippen LogP contribution is -2.01. The van der Waals surface area contributed by atoms with Crippen LogP contribution >= 0.6 is 0 Å². The van der Waals surface area contributed by atoms with Crippen LogP contribution < -0.4 is 14.2 Å². The largest absolute Gasteiger partial charge is 0.493 e. The van der Waals surface area contributed by atoms with Crippen LogP contribution in [0.3, 0.4) is 0 Å². The monoisotopic (exact) mass is 447 g/mol. The highest BCUT2D eigenvalue weighted by Gasteiger charge is 2.18. The zero-order valence-electron chi connectivity index (χ0n) is 18.3. The molecule has 0 saturated heterocycles. The molecule has 4 rings (SSSR count). The molecule has 0 bridgehead atoms. The summed E-state index contributed by atoms with van der Waals surface area (Å²) in [6, 6.07) is 12.9. The van der Waals surface area contributed by atoms with E-state index in [9.17, 15) is 4.79 Å². The van der Waals surface area contributed by atoms with Crippen molar-refractivity contribution in [1.29, 1.82) is 0 Å². The lowest BCUT2D eigenvalue weighted by Gasteiger charge is -2.12. The molecule has 0 N–H and O–H groups in total. The van der Waals surface area contributed by atoms with E-state index in [1.54, 1.807) is 24.4 Å². The summed E-state index contributed by atoms with van der Waals surface area (Å²) in [6.45, 7) is -0.172. The van der Waals surface area contributed by atoms with E-state index in [1.165, 1.54) is 27.4 Å². The number of para-hydroxylation sites is 1. The summed E-state index contributed by atoms with van der Waals surface area (Å²) in [4.78, 5) is 16.5. The summed E-state index contributed by atoms with van der Waals surface area (Å²) >= 11 is 0. The van der Waals surface area contributed by atoms with Crippen LogP contribution in [0.4, 0.5) is 0 Å². The molecule has 0 aliphatic carbocycles. The molecule has 4 aromatic rings. The maximum absolute atomic E-state index is 12.2. The summed E-state index contributed by atoms with van der Waals surface area (Å²) in [5, 5.41) is 8.93. The van der Waals surface area contributed by atoms with Gasteiger partial charge in [0.25, 0.3) is 5.89 Å². The molecule has 0 spiro atoms. The highest BCUT2D eigenvalue weighted by Crippen LogP contribution is 2.40. The normalized spacial score (nSPS) is 11.0. The maximum Gasteiger partial charge on any atom is 0.331 e. The molecule has 0 aliphatic heterocycles. The van der Waals surface area contributed by atoms with Crippen molar-refractivity contribution in [1.82, 2.24) is 15.2 Å². The van der Waals surface area contributed by atoms with Crippen LogP contribution in [0, 0.1) is 0 Å². The van der Waals surface area contributed by atoms with E-state index in [0.29, 0.717) is 22.8 Å². The molecule has 9 heteroatoms. The lowest BCUT2D eigenvalue weighted by molar-refractivity contribution is -0.139. The molecule has 33 heavy (non-hydrogen) atoms. The van der Waals surface area contributed by atoms with Crippen molar-refractivity contribution in [3.8, 4) is 28.7 Å². The molecule has 9 nitrogen and oxygen atoms in total. The number of methoxy groups -OCH3 is 3. The second-order valence-electron chi connectivity index (χ2n) is 6.78. The fraction of sp³-hybridized carbons (Fsp3) is 0.167. The van der Waals surface area contributed by atoms with Gasteiger partial charge in [-0.15, -0.1) is 10.2 Å². The Morgan fingerprint density at radius 3 is 2.48 bits per heavy atom. The van der Waals surface area contributed by atoms with Crippen molar-refractivity contribution in [3.63, 3.8) is 0 Å². The Morgan fingerprint density at radius 1 is 1.00 bits per heavy atom. The van der Waals surface area contributed by atoms with Gasteiger partial charge in [0.1, 0.15) is 0 Å². The van der Waals surface area contributed by atoms with Gasteiger partial charge in [-0.1, -0.05) is 24.3 Å². The minimum atomic E-state index is -0.546. The van der Waals surface area contributed by atoms with Gasteiger partial charge in [0.2, 0.25) is 11.6 Å². The van der Waals surface area contributed by atoms with Crippen LogP contribution in [0.2, 0.25) is 0 Å². The summed E-state index contributed by atoms with van der Waals surface area (Å²) in [7, 11) is 4.55. The number of nitrogens with zero attached hydrogens (tertiary/aromatic N) is 3. The number of hydrogen-bond donors (Lipinski definition) is 0. The molecule has 0 amide bonds. The number of carbonyl (C=O) groups excluding carboxylic acids is 1. The third-order valence-corrected chi connectivity index (χ3v) is 4.78. The van der Waals surface area contributed by atoms with E-state index in [4.69, 9.17) is 23.4 Å². The number of fused-ring (bicyclic) bond motifs is 1. The Bertz CT molecular complexity index is 1280. The predicted octanol–water partition coefficient (Wildman–Crippen LogP) is 4.07. The van der Waals surface area contributed by atoms with Gasteiger partial charge >= 0.3 is 5.97 Å². The van der Waals surface area contributed by atoms with Crippen molar-refractivity contribution in [2.75, 3.05) is 21.3 Å². The van der Waals surface area contributed by atoms with Gasteiger partial charge < -0.3 is 23.4 Å². The van der Waals surface area contributed by atoms with E-state index in [1.807, 2.05) is 30.3 Å². The van der Waals surface area contributed by atoms with Crippen LogP contribution in [0.25, 0.3) is 28.4 Å². The third kappa shape index (κ3) is 4.77. The van der Waals surface area contributed by atoms with Gasteiger partial charge in [0, 0.05) is 28.8 Å². The first-order valence-electron chi connectivity index (χ1n) is 9.94. The van der Waals surface area contributed by atoms with Gasteiger partial charge in [0.15, 0.2) is 18.1 Å². The van der Waals surface area contributed by atoms with Gasteiger partial charge in [-0.2, -0.15) is 0 Å². The fourth-order valence-corrected chi connectivity index (χ4v) is 3.23. The minimum absolute atomic E-state index is 0.146. The molecule has 0 aliphatic rings. The fourth-order valence-electron chi connectivity index (χ4n) is 3.23. The third-order valence-electron chi connectivity index (χ3n) is 4.78. The van der Waals surface area contributed by atoms with E-state index < -0.39 is 5.97 Å². The second-order valence-corrected chi connectivity index (χ2v) is 6.78. The van der Waals surface area contributed by atoms with Crippen molar-refractivity contribution in [3.05, 3.63) is 66.2 Å². The number of benzene rings is 2. The van der Waals surface area contributed by atoms with E-state index >= 15 is 0 Å². The highest BCUT2D eigenvalue weighted by molar-refractivity contribution is 5.92. The molecule has 0 fully saturated rings. The van der Waals surface area contributed by atoms with E-state index in [2.05, 4.69) is 15.2 Å². The molecule has 0 saturated carbocycles. The number of rotatable bonds is 8. The highest BCUT2D eigenvalue weighted by atomic mass is 16.5. The second kappa shape index (κ2) is 9.82. The minimum Gasteiger partial charge on any atom is -0.493 e. The topological polar surface area (TPSA) is 106 Å².